The normalized spacial score (nSPS) is 14.1. The highest BCUT2D eigenvalue weighted by atomic mass is 35.5. The molecule has 11 heteroatoms. The summed E-state index contributed by atoms with van der Waals surface area (Å²) in [6, 6.07) is 4.39. The van der Waals surface area contributed by atoms with Crippen LogP contribution in [0.3, 0.4) is 0 Å². The summed E-state index contributed by atoms with van der Waals surface area (Å²) < 4.78 is 51.1. The lowest BCUT2D eigenvalue weighted by molar-refractivity contribution is -0.142. The Morgan fingerprint density at radius 2 is 1.90 bits per heavy atom. The number of benzene rings is 1. The number of aromatic nitrogens is 2. The molecule has 1 aromatic heterocycles. The molecule has 0 saturated carbocycles. The van der Waals surface area contributed by atoms with Gasteiger partial charge in [-0.05, 0) is 43.9 Å². The number of hydrogen-bond donors (Lipinski definition) is 1. The van der Waals surface area contributed by atoms with E-state index in [2.05, 4.69) is 19.9 Å². The van der Waals surface area contributed by atoms with E-state index in [1.165, 1.54) is 22.9 Å². The second kappa shape index (κ2) is 9.01. The zero-order valence-electron chi connectivity index (χ0n) is 16.7. The molecule has 3 rings (SSSR count). The van der Waals surface area contributed by atoms with Gasteiger partial charge in [0.2, 0.25) is 0 Å². The lowest BCUT2D eigenvalue weighted by atomic mass is 9.95. The highest BCUT2D eigenvalue weighted by molar-refractivity contribution is 6.31. The number of ether oxygens (including phenoxy) is 2. The first-order chi connectivity index (χ1) is 14.7. The monoisotopic (exact) mass is 457 g/mol. The van der Waals surface area contributed by atoms with Gasteiger partial charge in [0.05, 0.1) is 31.7 Å². The predicted molar refractivity (Wildman–Crippen MR) is 106 cm³/mol. The maximum Gasteiger partial charge on any atom is 0.435 e. The molecule has 0 bridgehead atoms. The van der Waals surface area contributed by atoms with Gasteiger partial charge in [-0.3, -0.25) is 0 Å². The van der Waals surface area contributed by atoms with E-state index in [1.807, 2.05) is 0 Å². The molecule has 0 spiro atoms. The Morgan fingerprint density at radius 1 is 1.19 bits per heavy atom. The molecule has 0 saturated heterocycles. The van der Waals surface area contributed by atoms with Crippen LogP contribution in [0, 0.1) is 0 Å². The predicted octanol–water partition coefficient (Wildman–Crippen LogP) is 4.07. The Morgan fingerprint density at radius 3 is 2.55 bits per heavy atom. The largest absolute Gasteiger partial charge is 0.466 e. The summed E-state index contributed by atoms with van der Waals surface area (Å²) in [5.41, 5.74) is -0.204. The lowest BCUT2D eigenvalue weighted by Crippen LogP contribution is -2.17. The number of fused-ring (bicyclic) bond motifs is 1. The maximum absolute atomic E-state index is 13.6. The quantitative estimate of drug-likeness (QED) is 0.538. The van der Waals surface area contributed by atoms with Crippen molar-refractivity contribution in [3.8, 4) is 5.69 Å². The smallest absolute Gasteiger partial charge is 0.435 e. The molecule has 1 heterocycles. The molecule has 0 aliphatic heterocycles. The first kappa shape index (κ1) is 22.7. The molecule has 2 aromatic rings. The van der Waals surface area contributed by atoms with Gasteiger partial charge in [-0.15, -0.1) is 0 Å². The summed E-state index contributed by atoms with van der Waals surface area (Å²) in [5.74, 6) is -1.71. The van der Waals surface area contributed by atoms with Crippen molar-refractivity contribution >= 4 is 29.2 Å². The van der Waals surface area contributed by atoms with Gasteiger partial charge in [0, 0.05) is 16.3 Å². The number of rotatable bonds is 5. The number of carbonyl (C=O) groups is 2. The average Bonchev–Trinajstić information content (AvgIpc) is 3.12. The molecule has 0 amide bonds. The lowest BCUT2D eigenvalue weighted by Gasteiger charge is -2.18. The molecule has 0 atom stereocenters. The molecule has 1 aliphatic carbocycles. The molecule has 7 nitrogen and oxygen atoms in total. The third-order valence-electron chi connectivity index (χ3n) is 4.77. The molecule has 1 N–H and O–H groups in total. The third kappa shape index (κ3) is 4.84. The fraction of sp³-hybridized carbons (Fsp3) is 0.350. The second-order valence-corrected chi connectivity index (χ2v) is 7.19. The van der Waals surface area contributed by atoms with Crippen LogP contribution < -0.4 is 5.32 Å². The van der Waals surface area contributed by atoms with Gasteiger partial charge in [0.1, 0.15) is 5.70 Å². The molecule has 1 aromatic carbocycles. The summed E-state index contributed by atoms with van der Waals surface area (Å²) in [4.78, 5) is 23.7. The van der Waals surface area contributed by atoms with Crippen LogP contribution in [-0.4, -0.2) is 35.9 Å². The molecular weight excluding hydrogens is 439 g/mol. The molecule has 1 aliphatic rings. The van der Waals surface area contributed by atoms with Gasteiger partial charge in [-0.1, -0.05) is 11.6 Å². The van der Waals surface area contributed by atoms with Crippen molar-refractivity contribution in [1.29, 1.82) is 0 Å². The number of alkyl halides is 3. The number of carbonyl (C=O) groups excluding carboxylic acids is 2. The molecule has 31 heavy (non-hydrogen) atoms. The van der Waals surface area contributed by atoms with Crippen LogP contribution in [0.1, 0.15) is 29.8 Å². The minimum atomic E-state index is -4.60. The molecule has 0 radical (unpaired) electrons. The van der Waals surface area contributed by atoms with Crippen LogP contribution in [-0.2, 0) is 38.1 Å². The molecule has 0 fully saturated rings. The zero-order chi connectivity index (χ0) is 22.8. The first-order valence-corrected chi connectivity index (χ1v) is 9.66. The zero-order valence-corrected chi connectivity index (χ0v) is 17.4. The van der Waals surface area contributed by atoms with Gasteiger partial charge in [0.15, 0.2) is 5.69 Å². The van der Waals surface area contributed by atoms with Crippen LogP contribution in [0.4, 0.5) is 18.9 Å². The van der Waals surface area contributed by atoms with E-state index >= 15 is 0 Å². The van der Waals surface area contributed by atoms with Crippen molar-refractivity contribution in [3.63, 3.8) is 0 Å². The van der Waals surface area contributed by atoms with Crippen LogP contribution >= 0.6 is 11.6 Å². The number of nitrogens with one attached hydrogen (secondary N) is 1. The van der Waals surface area contributed by atoms with Crippen molar-refractivity contribution in [1.82, 2.24) is 9.78 Å². The second-order valence-electron chi connectivity index (χ2n) is 6.75. The summed E-state index contributed by atoms with van der Waals surface area (Å²) in [5, 5.41) is 6.83. The van der Waals surface area contributed by atoms with E-state index in [-0.39, 0.29) is 34.1 Å². The minimum Gasteiger partial charge on any atom is -0.466 e. The van der Waals surface area contributed by atoms with Crippen LogP contribution in [0.15, 0.2) is 30.0 Å². The topological polar surface area (TPSA) is 82.5 Å². The summed E-state index contributed by atoms with van der Waals surface area (Å²) in [7, 11) is 2.25. The van der Waals surface area contributed by atoms with Gasteiger partial charge < -0.3 is 14.8 Å². The van der Waals surface area contributed by atoms with Crippen molar-refractivity contribution in [2.24, 2.45) is 0 Å². The van der Waals surface area contributed by atoms with E-state index < -0.39 is 23.8 Å². The molecule has 166 valence electrons. The summed E-state index contributed by atoms with van der Waals surface area (Å²) in [6.07, 6.45) is -1.67. The first-order valence-electron chi connectivity index (χ1n) is 9.28. The third-order valence-corrected chi connectivity index (χ3v) is 5.01. The van der Waals surface area contributed by atoms with E-state index in [1.54, 1.807) is 0 Å². The van der Waals surface area contributed by atoms with Gasteiger partial charge in [0.25, 0.3) is 0 Å². The van der Waals surface area contributed by atoms with Crippen molar-refractivity contribution in [2.75, 3.05) is 19.5 Å². The van der Waals surface area contributed by atoms with Gasteiger partial charge >= 0.3 is 18.1 Å². The Bertz CT molecular complexity index is 1050. The Balaban J connectivity index is 2.15. The van der Waals surface area contributed by atoms with Crippen LogP contribution in [0.25, 0.3) is 5.69 Å². The Kier molecular flexibility index (Phi) is 6.59. The van der Waals surface area contributed by atoms with Crippen molar-refractivity contribution in [2.45, 2.75) is 31.9 Å². The van der Waals surface area contributed by atoms with Crippen molar-refractivity contribution < 1.29 is 32.2 Å². The van der Waals surface area contributed by atoms with E-state index in [0.29, 0.717) is 18.5 Å². The number of halogens is 4. The van der Waals surface area contributed by atoms with E-state index in [4.69, 9.17) is 11.6 Å². The van der Waals surface area contributed by atoms with Crippen molar-refractivity contribution in [3.05, 3.63) is 51.9 Å². The number of methoxy groups -OCH3 is 2. The molecule has 0 unspecified atom stereocenters. The fourth-order valence-electron chi connectivity index (χ4n) is 3.40. The highest BCUT2D eigenvalue weighted by Crippen LogP contribution is 2.38. The fourth-order valence-corrected chi connectivity index (χ4v) is 3.57. The number of nitrogens with zero attached hydrogens (tertiary/aromatic N) is 2. The summed E-state index contributed by atoms with van der Waals surface area (Å²) in [6.45, 7) is 0. The molecular formula is C20H19ClF3N3O4. The van der Waals surface area contributed by atoms with Crippen LogP contribution in [0.2, 0.25) is 5.02 Å². The number of hydrogen-bond acceptors (Lipinski definition) is 6. The summed E-state index contributed by atoms with van der Waals surface area (Å²) >= 11 is 6.08. The Hall–Kier alpha value is -3.01. The maximum atomic E-state index is 13.6. The standard InChI is InChI=1S/C20H19ClF3N3O4/c1-30-17(28)10-14(19(29)31-2)25-13-9-11(21)7-8-16(13)27-15-6-4-3-5-12(15)18(26-27)20(22,23)24/h7-10,25H,3-6H2,1-2H3/b14-10+. The number of anilines is 1. The number of esters is 2. The van der Waals surface area contributed by atoms with Crippen LogP contribution in [0.5, 0.6) is 0 Å². The van der Waals surface area contributed by atoms with E-state index in [0.717, 1.165) is 26.7 Å². The van der Waals surface area contributed by atoms with E-state index in [9.17, 15) is 22.8 Å². The SMILES string of the molecule is COC(=O)/C=C(/Nc1cc(Cl)ccc1-n1nc(C(F)(F)F)c2c1CCCC2)C(=O)OC. The highest BCUT2D eigenvalue weighted by Gasteiger charge is 2.40. The minimum absolute atomic E-state index is 0.164. The van der Waals surface area contributed by atoms with Gasteiger partial charge in [-0.25, -0.2) is 14.3 Å². The van der Waals surface area contributed by atoms with Gasteiger partial charge in [-0.2, -0.15) is 18.3 Å². The Labute approximate surface area is 180 Å². The average molecular weight is 458 g/mol.